The van der Waals surface area contributed by atoms with E-state index in [2.05, 4.69) is 0 Å². The summed E-state index contributed by atoms with van der Waals surface area (Å²) in [5.74, 6) is -8.36. The van der Waals surface area contributed by atoms with Gasteiger partial charge in [-0.15, -0.1) is 0 Å². The summed E-state index contributed by atoms with van der Waals surface area (Å²) in [6.07, 6.45) is -3.40. The molecule has 12 nitrogen and oxygen atoms in total. The Morgan fingerprint density at radius 3 is 2.06 bits per heavy atom. The highest BCUT2D eigenvalue weighted by Crippen LogP contribution is 2.45. The molecule has 3 aromatic rings. The van der Waals surface area contributed by atoms with Crippen LogP contribution >= 0.6 is 0 Å². The highest BCUT2D eigenvalue weighted by atomic mass is 16.5. The number of carbonyl (C=O) groups is 2. The summed E-state index contributed by atoms with van der Waals surface area (Å²) in [5.41, 5.74) is -0.937. The van der Waals surface area contributed by atoms with Crippen molar-refractivity contribution in [3.63, 3.8) is 0 Å². The van der Waals surface area contributed by atoms with Gasteiger partial charge in [-0.05, 0) is 24.3 Å². The number of benzene rings is 3. The number of hydrogen-bond acceptors (Lipinski definition) is 12. The number of phenolic OH excluding ortho intramolecular Hbond substituents is 7. The van der Waals surface area contributed by atoms with Gasteiger partial charge < -0.3 is 50.3 Å². The van der Waals surface area contributed by atoms with Crippen LogP contribution < -0.4 is 9.47 Å². The van der Waals surface area contributed by atoms with Crippen LogP contribution in [0, 0.1) is 0 Å². The number of carbonyl (C=O) groups excluding carboxylic acids is 2. The zero-order valence-corrected chi connectivity index (χ0v) is 16.8. The molecule has 34 heavy (non-hydrogen) atoms. The van der Waals surface area contributed by atoms with E-state index in [1.54, 1.807) is 0 Å². The first-order valence-corrected chi connectivity index (χ1v) is 9.45. The lowest BCUT2D eigenvalue weighted by atomic mass is 9.92. The molecule has 3 aromatic carbocycles. The monoisotopic (exact) mass is 472 g/mol. The smallest absolute Gasteiger partial charge is 0.343 e. The third-order valence-electron chi connectivity index (χ3n) is 5.04. The highest BCUT2D eigenvalue weighted by molar-refractivity contribution is 6.05. The van der Waals surface area contributed by atoms with Gasteiger partial charge in [0, 0.05) is 17.7 Å². The number of aliphatic hydroxyl groups is 1. The zero-order chi connectivity index (χ0) is 24.9. The highest BCUT2D eigenvalue weighted by Gasteiger charge is 2.40. The lowest BCUT2D eigenvalue weighted by molar-refractivity contribution is 0.0208. The number of aliphatic hydroxyl groups excluding tert-OH is 1. The second-order valence-corrected chi connectivity index (χ2v) is 7.32. The first-order chi connectivity index (χ1) is 16.0. The molecule has 4 rings (SSSR count). The fourth-order valence-electron chi connectivity index (χ4n) is 3.40. The Morgan fingerprint density at radius 2 is 1.41 bits per heavy atom. The van der Waals surface area contributed by atoms with Gasteiger partial charge in [0.1, 0.15) is 22.8 Å². The Morgan fingerprint density at radius 1 is 0.794 bits per heavy atom. The number of fused-ring (bicyclic) bond motifs is 1. The first kappa shape index (κ1) is 22.4. The summed E-state index contributed by atoms with van der Waals surface area (Å²) in [4.78, 5) is 25.0. The number of hydrogen-bond donors (Lipinski definition) is 8. The molecule has 1 aliphatic heterocycles. The molecule has 0 amide bonds. The molecular weight excluding hydrogens is 456 g/mol. The molecule has 176 valence electrons. The standard InChI is InChI=1S/C22H16O12/c23-9-5-10(24)16-14(6-9)33-21(20(31)19(16)30)7-1-13(27)18(29)15(4-7)34-22(32)8-2-11(25)17(28)12(26)3-8/h1-6,20-21,23-29,31H/t20-,21+/m0/s1. The van der Waals surface area contributed by atoms with E-state index in [1.165, 1.54) is 0 Å². The van der Waals surface area contributed by atoms with Crippen molar-refractivity contribution in [1.82, 2.24) is 0 Å². The second kappa shape index (κ2) is 7.94. The number of ketones is 1. The van der Waals surface area contributed by atoms with E-state index in [4.69, 9.17) is 9.47 Å². The molecule has 0 bridgehead atoms. The molecule has 0 unspecified atom stereocenters. The van der Waals surface area contributed by atoms with E-state index >= 15 is 0 Å². The van der Waals surface area contributed by atoms with Gasteiger partial charge in [0.15, 0.2) is 41.0 Å². The van der Waals surface area contributed by atoms with Crippen molar-refractivity contribution >= 4 is 11.8 Å². The number of rotatable bonds is 3. The van der Waals surface area contributed by atoms with Gasteiger partial charge in [0.2, 0.25) is 11.5 Å². The number of esters is 1. The van der Waals surface area contributed by atoms with E-state index in [-0.39, 0.29) is 16.9 Å². The molecule has 0 fully saturated rings. The van der Waals surface area contributed by atoms with E-state index < -0.39 is 75.5 Å². The Balaban J connectivity index is 1.71. The molecule has 1 heterocycles. The summed E-state index contributed by atoms with van der Waals surface area (Å²) in [5, 5.41) is 78.8. The lowest BCUT2D eigenvalue weighted by Crippen LogP contribution is -2.36. The van der Waals surface area contributed by atoms with E-state index in [1.807, 2.05) is 0 Å². The SMILES string of the molecule is O=C(Oc1cc([C@H]2Oc3cc(O)cc(O)c3C(=O)[C@@H]2O)cc(O)c1O)c1cc(O)c(O)c(O)c1. The lowest BCUT2D eigenvalue weighted by Gasteiger charge is -2.30. The quantitative estimate of drug-likeness (QED) is 0.155. The Hall–Kier alpha value is -4.84. The average Bonchev–Trinajstić information content (AvgIpc) is 2.76. The topological polar surface area (TPSA) is 214 Å². The second-order valence-electron chi connectivity index (χ2n) is 7.32. The molecule has 0 aromatic heterocycles. The maximum Gasteiger partial charge on any atom is 0.343 e. The zero-order valence-electron chi connectivity index (χ0n) is 16.8. The minimum atomic E-state index is -1.89. The van der Waals surface area contributed by atoms with Crippen LogP contribution in [0.1, 0.15) is 32.4 Å². The first-order valence-electron chi connectivity index (χ1n) is 9.45. The summed E-state index contributed by atoms with van der Waals surface area (Å²) in [6.45, 7) is 0. The van der Waals surface area contributed by atoms with E-state index in [0.717, 1.165) is 36.4 Å². The predicted molar refractivity (Wildman–Crippen MR) is 110 cm³/mol. The van der Waals surface area contributed by atoms with Gasteiger partial charge in [0.25, 0.3) is 0 Å². The molecule has 0 aliphatic carbocycles. The van der Waals surface area contributed by atoms with Gasteiger partial charge >= 0.3 is 5.97 Å². The van der Waals surface area contributed by atoms with Crippen LogP contribution in [0.2, 0.25) is 0 Å². The van der Waals surface area contributed by atoms with Crippen molar-refractivity contribution in [1.29, 1.82) is 0 Å². The van der Waals surface area contributed by atoms with Crippen LogP contribution in [0.4, 0.5) is 0 Å². The summed E-state index contributed by atoms with van der Waals surface area (Å²) < 4.78 is 10.5. The van der Waals surface area contributed by atoms with E-state index in [9.17, 15) is 50.4 Å². The molecule has 2 atom stereocenters. The van der Waals surface area contributed by atoms with Crippen molar-refractivity contribution in [2.24, 2.45) is 0 Å². The third-order valence-corrected chi connectivity index (χ3v) is 5.04. The van der Waals surface area contributed by atoms with Crippen molar-refractivity contribution < 1.29 is 59.9 Å². The third kappa shape index (κ3) is 3.67. The Bertz CT molecular complexity index is 1320. The fourth-order valence-corrected chi connectivity index (χ4v) is 3.40. The molecule has 1 aliphatic rings. The van der Waals surface area contributed by atoms with Crippen LogP contribution in [0.5, 0.6) is 51.7 Å². The largest absolute Gasteiger partial charge is 0.508 e. The average molecular weight is 472 g/mol. The maximum absolute atomic E-state index is 12.6. The van der Waals surface area contributed by atoms with Crippen LogP contribution in [0.3, 0.4) is 0 Å². The molecule has 0 saturated heterocycles. The summed E-state index contributed by atoms with van der Waals surface area (Å²) in [7, 11) is 0. The van der Waals surface area contributed by atoms with Crippen molar-refractivity contribution in [2.75, 3.05) is 0 Å². The van der Waals surface area contributed by atoms with Crippen molar-refractivity contribution in [2.45, 2.75) is 12.2 Å². The minimum Gasteiger partial charge on any atom is -0.508 e. The maximum atomic E-state index is 12.6. The van der Waals surface area contributed by atoms with Crippen LogP contribution in [-0.2, 0) is 0 Å². The van der Waals surface area contributed by atoms with Gasteiger partial charge in [0.05, 0.1) is 5.56 Å². The number of phenols is 7. The van der Waals surface area contributed by atoms with Crippen molar-refractivity contribution in [3.05, 3.63) is 53.1 Å². The van der Waals surface area contributed by atoms with Crippen molar-refractivity contribution in [3.8, 4) is 51.7 Å². The minimum absolute atomic E-state index is 0.135. The number of Topliss-reactive ketones (excluding diaryl/α,β-unsaturated/α-hetero) is 1. The van der Waals surface area contributed by atoms with Crippen LogP contribution in [0.25, 0.3) is 0 Å². The fraction of sp³-hybridized carbons (Fsp3) is 0.0909. The van der Waals surface area contributed by atoms with Gasteiger partial charge in [-0.2, -0.15) is 0 Å². The van der Waals surface area contributed by atoms with Gasteiger partial charge in [-0.1, -0.05) is 0 Å². The Labute approximate surface area is 189 Å². The molecular formula is C22H16O12. The van der Waals surface area contributed by atoms with Crippen LogP contribution in [0.15, 0.2) is 36.4 Å². The number of ether oxygens (including phenoxy) is 2. The molecule has 8 N–H and O–H groups in total. The molecule has 12 heteroatoms. The normalized spacial score (nSPS) is 17.0. The summed E-state index contributed by atoms with van der Waals surface area (Å²) in [6, 6.07) is 5.37. The Kier molecular flexibility index (Phi) is 5.22. The van der Waals surface area contributed by atoms with Gasteiger partial charge in [-0.3, -0.25) is 4.79 Å². The number of aromatic hydroxyl groups is 7. The van der Waals surface area contributed by atoms with Crippen LogP contribution in [-0.4, -0.2) is 58.7 Å². The molecule has 0 radical (unpaired) electrons. The summed E-state index contributed by atoms with van der Waals surface area (Å²) >= 11 is 0. The predicted octanol–water partition coefficient (Wildman–Crippen LogP) is 1.52. The van der Waals surface area contributed by atoms with Gasteiger partial charge in [-0.25, -0.2) is 4.79 Å². The molecule has 0 saturated carbocycles. The molecule has 0 spiro atoms. The van der Waals surface area contributed by atoms with E-state index in [0.29, 0.717) is 0 Å².